The summed E-state index contributed by atoms with van der Waals surface area (Å²) in [6, 6.07) is 10.3. The van der Waals surface area contributed by atoms with E-state index in [0.29, 0.717) is 17.0 Å². The minimum absolute atomic E-state index is 0.0310. The van der Waals surface area contributed by atoms with E-state index < -0.39 is 15.5 Å². The summed E-state index contributed by atoms with van der Waals surface area (Å²) >= 11 is 0. The first kappa shape index (κ1) is 17.6. The molecule has 0 spiro atoms. The van der Waals surface area contributed by atoms with Gasteiger partial charge in [0, 0.05) is 11.6 Å². The highest BCUT2D eigenvalue weighted by Crippen LogP contribution is 2.29. The third-order valence-electron chi connectivity index (χ3n) is 3.26. The van der Waals surface area contributed by atoms with Gasteiger partial charge in [0.15, 0.2) is 0 Å². The van der Waals surface area contributed by atoms with Gasteiger partial charge in [0.05, 0.1) is 28.7 Å². The molecule has 0 bridgehead atoms. The summed E-state index contributed by atoms with van der Waals surface area (Å²) in [5.41, 5.74) is 2.92. The van der Waals surface area contributed by atoms with Crippen molar-refractivity contribution in [1.29, 1.82) is 0 Å². The Bertz CT molecular complexity index is 846. The maximum absolute atomic E-state index is 11.1. The van der Waals surface area contributed by atoms with Gasteiger partial charge in [0.25, 0.3) is 5.69 Å². The van der Waals surface area contributed by atoms with E-state index in [1.54, 1.807) is 31.4 Å². The molecule has 0 aliphatic rings. The molecule has 25 heavy (non-hydrogen) atoms. The zero-order valence-corrected chi connectivity index (χ0v) is 13.2. The van der Waals surface area contributed by atoms with Crippen molar-refractivity contribution < 1.29 is 14.6 Å². The van der Waals surface area contributed by atoms with Crippen LogP contribution in [0.15, 0.2) is 60.2 Å². The molecule has 9 nitrogen and oxygen atoms in total. The Hall–Kier alpha value is -3.75. The van der Waals surface area contributed by atoms with Crippen molar-refractivity contribution in [3.05, 3.63) is 80.9 Å². The predicted molar refractivity (Wildman–Crippen MR) is 93.1 cm³/mol. The van der Waals surface area contributed by atoms with E-state index in [9.17, 15) is 20.2 Å². The highest BCUT2D eigenvalue weighted by molar-refractivity contribution is 6.08. The van der Waals surface area contributed by atoms with Crippen molar-refractivity contribution in [3.8, 4) is 5.75 Å². The fourth-order valence-electron chi connectivity index (χ4n) is 1.99. The fraction of sp³-hybridized carbons (Fsp3) is 0.0625. The van der Waals surface area contributed by atoms with Crippen molar-refractivity contribution in [2.75, 3.05) is 12.5 Å². The van der Waals surface area contributed by atoms with Crippen LogP contribution >= 0.6 is 0 Å². The molecular formula is C16H14N4O5. The smallest absolute Gasteiger partial charge is 0.301 e. The van der Waals surface area contributed by atoms with Gasteiger partial charge in [-0.2, -0.15) is 5.10 Å². The number of ether oxygens (including phenoxy) is 1. The Balaban J connectivity index is 2.33. The standard InChI is InChI=1S/C16H14N4O5/c1-3-14(11-4-7-13(25-2)8-5-11)17-18-15-9-6-12(19(21)22)10-16(15)20(23)24/h3-10,18H,1H2,2H3/b17-14+. The molecule has 0 fully saturated rings. The minimum Gasteiger partial charge on any atom is -0.497 e. The molecule has 0 heterocycles. The molecule has 0 saturated heterocycles. The number of hydrazone groups is 1. The Kier molecular flexibility index (Phi) is 5.41. The lowest BCUT2D eigenvalue weighted by molar-refractivity contribution is -0.393. The van der Waals surface area contributed by atoms with Crippen LogP contribution in [0.3, 0.4) is 0 Å². The molecule has 2 aromatic carbocycles. The van der Waals surface area contributed by atoms with Crippen LogP contribution < -0.4 is 10.2 Å². The molecule has 0 saturated carbocycles. The van der Waals surface area contributed by atoms with Gasteiger partial charge in [-0.1, -0.05) is 6.58 Å². The normalized spacial score (nSPS) is 10.8. The number of nitro benzene ring substituents is 2. The van der Waals surface area contributed by atoms with Crippen molar-refractivity contribution in [2.24, 2.45) is 5.10 Å². The van der Waals surface area contributed by atoms with E-state index >= 15 is 0 Å². The number of nitro groups is 2. The highest BCUT2D eigenvalue weighted by atomic mass is 16.6. The van der Waals surface area contributed by atoms with E-state index in [-0.39, 0.29) is 11.4 Å². The first-order valence-corrected chi connectivity index (χ1v) is 6.99. The fourth-order valence-corrected chi connectivity index (χ4v) is 1.99. The van der Waals surface area contributed by atoms with Crippen molar-refractivity contribution in [1.82, 2.24) is 0 Å². The largest absolute Gasteiger partial charge is 0.497 e. The number of rotatable bonds is 7. The monoisotopic (exact) mass is 342 g/mol. The van der Waals surface area contributed by atoms with E-state index in [1.807, 2.05) is 0 Å². The van der Waals surface area contributed by atoms with Gasteiger partial charge in [0.1, 0.15) is 11.4 Å². The third kappa shape index (κ3) is 4.16. The Labute approximate surface area is 142 Å². The number of methoxy groups -OCH3 is 1. The number of hydrogen-bond acceptors (Lipinski definition) is 7. The van der Waals surface area contributed by atoms with Crippen LogP contribution in [-0.2, 0) is 0 Å². The zero-order chi connectivity index (χ0) is 18.4. The molecule has 0 radical (unpaired) electrons. The number of benzene rings is 2. The molecule has 0 aliphatic carbocycles. The molecule has 1 N–H and O–H groups in total. The number of anilines is 1. The van der Waals surface area contributed by atoms with Crippen LogP contribution in [0.25, 0.3) is 0 Å². The summed E-state index contributed by atoms with van der Waals surface area (Å²) in [7, 11) is 1.55. The number of allylic oxidation sites excluding steroid dienone is 1. The van der Waals surface area contributed by atoms with Crippen LogP contribution in [0, 0.1) is 20.2 Å². The van der Waals surface area contributed by atoms with Crippen LogP contribution in [0.2, 0.25) is 0 Å². The first-order valence-electron chi connectivity index (χ1n) is 6.99. The SMILES string of the molecule is C=C/C(=N\Nc1ccc([N+](=O)[O-])cc1[N+](=O)[O-])c1ccc(OC)cc1. The van der Waals surface area contributed by atoms with E-state index in [2.05, 4.69) is 17.1 Å². The van der Waals surface area contributed by atoms with E-state index in [4.69, 9.17) is 4.74 Å². The predicted octanol–water partition coefficient (Wildman–Crippen LogP) is 3.51. The molecule has 2 rings (SSSR count). The Morgan fingerprint density at radius 3 is 2.36 bits per heavy atom. The lowest BCUT2D eigenvalue weighted by Crippen LogP contribution is -2.03. The summed E-state index contributed by atoms with van der Waals surface area (Å²) in [5.74, 6) is 0.672. The van der Waals surface area contributed by atoms with Crippen molar-refractivity contribution in [3.63, 3.8) is 0 Å². The molecule has 0 amide bonds. The van der Waals surface area contributed by atoms with Crippen molar-refractivity contribution >= 4 is 22.8 Å². The molecule has 0 aliphatic heterocycles. The molecule has 0 aromatic heterocycles. The van der Waals surface area contributed by atoms with Crippen LogP contribution in [0.1, 0.15) is 5.56 Å². The van der Waals surface area contributed by atoms with E-state index in [0.717, 1.165) is 12.1 Å². The van der Waals surface area contributed by atoms with Gasteiger partial charge in [-0.3, -0.25) is 25.7 Å². The van der Waals surface area contributed by atoms with Gasteiger partial charge in [-0.15, -0.1) is 0 Å². The number of nitrogens with zero attached hydrogens (tertiary/aromatic N) is 3. The molecule has 128 valence electrons. The van der Waals surface area contributed by atoms with Crippen LogP contribution in [-0.4, -0.2) is 22.7 Å². The van der Waals surface area contributed by atoms with Crippen LogP contribution in [0.5, 0.6) is 5.75 Å². The summed E-state index contributed by atoms with van der Waals surface area (Å²) < 4.78 is 5.07. The molecule has 0 atom stereocenters. The maximum atomic E-state index is 11.1. The van der Waals surface area contributed by atoms with Crippen LogP contribution in [0.4, 0.5) is 17.1 Å². The van der Waals surface area contributed by atoms with E-state index in [1.165, 1.54) is 12.1 Å². The summed E-state index contributed by atoms with van der Waals surface area (Å²) in [6.07, 6.45) is 1.48. The quantitative estimate of drug-likeness (QED) is 0.467. The second-order valence-corrected chi connectivity index (χ2v) is 4.76. The summed E-state index contributed by atoms with van der Waals surface area (Å²) in [5, 5.41) is 25.9. The van der Waals surface area contributed by atoms with Gasteiger partial charge < -0.3 is 4.74 Å². The van der Waals surface area contributed by atoms with Gasteiger partial charge in [-0.05, 0) is 36.4 Å². The summed E-state index contributed by atoms with van der Waals surface area (Å²) in [6.45, 7) is 3.66. The van der Waals surface area contributed by atoms with Gasteiger partial charge in [-0.25, -0.2) is 0 Å². The average Bonchev–Trinajstić information content (AvgIpc) is 2.62. The second-order valence-electron chi connectivity index (χ2n) is 4.76. The van der Waals surface area contributed by atoms with Gasteiger partial charge >= 0.3 is 5.69 Å². The molecule has 0 unspecified atom stereocenters. The average molecular weight is 342 g/mol. The zero-order valence-electron chi connectivity index (χ0n) is 13.2. The topological polar surface area (TPSA) is 120 Å². The molecule has 9 heteroatoms. The van der Waals surface area contributed by atoms with Gasteiger partial charge in [0.2, 0.25) is 0 Å². The molecular weight excluding hydrogens is 328 g/mol. The van der Waals surface area contributed by atoms with Crippen molar-refractivity contribution in [2.45, 2.75) is 0 Å². The highest BCUT2D eigenvalue weighted by Gasteiger charge is 2.19. The number of hydrogen-bond donors (Lipinski definition) is 1. The molecule has 2 aromatic rings. The lowest BCUT2D eigenvalue weighted by atomic mass is 10.1. The number of nitrogens with one attached hydrogen (secondary N) is 1. The Morgan fingerprint density at radius 1 is 1.16 bits per heavy atom. The minimum atomic E-state index is -0.716. The summed E-state index contributed by atoms with van der Waals surface area (Å²) in [4.78, 5) is 20.4. The number of non-ortho nitro benzene ring substituents is 1. The first-order chi connectivity index (χ1) is 12.0. The third-order valence-corrected chi connectivity index (χ3v) is 3.26. The Morgan fingerprint density at radius 2 is 1.84 bits per heavy atom. The lowest BCUT2D eigenvalue weighted by Gasteiger charge is -2.06. The second kappa shape index (κ2) is 7.68. The maximum Gasteiger partial charge on any atom is 0.301 e.